The lowest BCUT2D eigenvalue weighted by atomic mass is 9.88. The van der Waals surface area contributed by atoms with Crippen LogP contribution in [0, 0.1) is 0 Å². The maximum absolute atomic E-state index is 6.44. The second-order valence-corrected chi connectivity index (χ2v) is 5.48. The number of nitrogens with zero attached hydrogens (tertiary/aromatic N) is 2. The fraction of sp³-hybridized carbons (Fsp3) is 0.643. The lowest BCUT2D eigenvalue weighted by molar-refractivity contribution is 0.124. The summed E-state index contributed by atoms with van der Waals surface area (Å²) < 4.78 is 5.21. The van der Waals surface area contributed by atoms with Crippen molar-refractivity contribution >= 4 is 0 Å². The minimum Gasteiger partial charge on any atom is -0.495 e. The molecule has 0 aliphatic carbocycles. The molecule has 4 nitrogen and oxygen atoms in total. The molecule has 2 heterocycles. The van der Waals surface area contributed by atoms with Gasteiger partial charge in [-0.05, 0) is 51.4 Å². The molecule has 4 heteroatoms. The van der Waals surface area contributed by atoms with E-state index in [9.17, 15) is 0 Å². The van der Waals surface area contributed by atoms with Crippen LogP contribution in [0.4, 0.5) is 0 Å². The van der Waals surface area contributed by atoms with Crippen molar-refractivity contribution < 1.29 is 4.74 Å². The quantitative estimate of drug-likeness (QED) is 0.886. The zero-order valence-corrected chi connectivity index (χ0v) is 11.5. The molecule has 2 N–H and O–H groups in total. The molecule has 0 radical (unpaired) electrons. The molecule has 1 fully saturated rings. The van der Waals surface area contributed by atoms with Crippen LogP contribution in [0.5, 0.6) is 5.75 Å². The first-order valence-electron chi connectivity index (χ1n) is 6.55. The van der Waals surface area contributed by atoms with Gasteiger partial charge in [-0.3, -0.25) is 9.88 Å². The predicted octanol–water partition coefficient (Wildman–Crippen LogP) is 1.96. The third kappa shape index (κ3) is 2.49. The Labute approximate surface area is 109 Å². The van der Waals surface area contributed by atoms with Crippen LogP contribution in [0.15, 0.2) is 18.5 Å². The van der Waals surface area contributed by atoms with E-state index in [-0.39, 0.29) is 11.6 Å². The maximum Gasteiger partial charge on any atom is 0.137 e. The molecule has 0 spiro atoms. The highest BCUT2D eigenvalue weighted by Gasteiger charge is 2.35. The van der Waals surface area contributed by atoms with Crippen molar-refractivity contribution in [3.8, 4) is 5.75 Å². The van der Waals surface area contributed by atoms with Gasteiger partial charge < -0.3 is 10.5 Å². The standard InChI is InChI=1S/C14H23N3O/c1-14(2,17-6-4-5-7-17)13(15)11-8-12(18-3)10-16-9-11/h8-10,13H,4-7,15H2,1-3H3. The molecule has 1 atom stereocenters. The Morgan fingerprint density at radius 2 is 2.00 bits per heavy atom. The first kappa shape index (κ1) is 13.3. The van der Waals surface area contributed by atoms with Crippen LogP contribution in [0.25, 0.3) is 0 Å². The molecule has 100 valence electrons. The smallest absolute Gasteiger partial charge is 0.137 e. The average Bonchev–Trinajstić information content (AvgIpc) is 2.92. The second kappa shape index (κ2) is 5.24. The number of nitrogens with two attached hydrogens (primary N) is 1. The average molecular weight is 249 g/mol. The molecule has 1 aromatic heterocycles. The van der Waals surface area contributed by atoms with E-state index < -0.39 is 0 Å². The zero-order chi connectivity index (χ0) is 13.2. The highest BCUT2D eigenvalue weighted by molar-refractivity contribution is 5.27. The van der Waals surface area contributed by atoms with Gasteiger partial charge in [0.05, 0.1) is 13.3 Å². The summed E-state index contributed by atoms with van der Waals surface area (Å²) in [6.07, 6.45) is 6.09. The minimum atomic E-state index is -0.0572. The van der Waals surface area contributed by atoms with Crippen molar-refractivity contribution in [3.63, 3.8) is 0 Å². The number of likely N-dealkylation sites (tertiary alicyclic amines) is 1. The SMILES string of the molecule is COc1cncc(C(N)C(C)(C)N2CCCC2)c1. The van der Waals surface area contributed by atoms with Gasteiger partial charge in [0.2, 0.25) is 0 Å². The van der Waals surface area contributed by atoms with Gasteiger partial charge in [-0.15, -0.1) is 0 Å². The van der Waals surface area contributed by atoms with Gasteiger partial charge in [0.1, 0.15) is 5.75 Å². The molecular weight excluding hydrogens is 226 g/mol. The van der Waals surface area contributed by atoms with Gasteiger partial charge in [-0.25, -0.2) is 0 Å². The van der Waals surface area contributed by atoms with Gasteiger partial charge in [-0.1, -0.05) is 0 Å². The molecule has 0 saturated carbocycles. The maximum atomic E-state index is 6.44. The second-order valence-electron chi connectivity index (χ2n) is 5.48. The summed E-state index contributed by atoms with van der Waals surface area (Å²) in [5.74, 6) is 0.764. The molecule has 1 aliphatic heterocycles. The summed E-state index contributed by atoms with van der Waals surface area (Å²) in [5.41, 5.74) is 7.42. The Hall–Kier alpha value is -1.13. The molecule has 0 amide bonds. The zero-order valence-electron chi connectivity index (χ0n) is 11.5. The topological polar surface area (TPSA) is 51.4 Å². The number of hydrogen-bond acceptors (Lipinski definition) is 4. The normalized spacial score (nSPS) is 18.9. The Bertz CT molecular complexity index is 400. The summed E-state index contributed by atoms with van der Waals surface area (Å²) in [6, 6.07) is 1.92. The fourth-order valence-electron chi connectivity index (χ4n) is 2.62. The van der Waals surface area contributed by atoms with E-state index in [1.165, 1.54) is 12.8 Å². The number of rotatable bonds is 4. The van der Waals surface area contributed by atoms with E-state index in [0.717, 1.165) is 24.4 Å². The van der Waals surface area contributed by atoms with Crippen LogP contribution < -0.4 is 10.5 Å². The number of ether oxygens (including phenoxy) is 1. The largest absolute Gasteiger partial charge is 0.495 e. The molecule has 0 bridgehead atoms. The molecule has 0 aromatic carbocycles. The summed E-state index contributed by atoms with van der Waals surface area (Å²) in [7, 11) is 1.65. The Morgan fingerprint density at radius 3 is 2.61 bits per heavy atom. The van der Waals surface area contributed by atoms with Crippen LogP contribution >= 0.6 is 0 Å². The van der Waals surface area contributed by atoms with Gasteiger partial charge >= 0.3 is 0 Å². The van der Waals surface area contributed by atoms with E-state index in [1.807, 2.05) is 12.3 Å². The van der Waals surface area contributed by atoms with Crippen molar-refractivity contribution in [1.29, 1.82) is 0 Å². The Balaban J connectivity index is 2.20. The number of methoxy groups -OCH3 is 1. The van der Waals surface area contributed by atoms with Crippen LogP contribution in [-0.4, -0.2) is 35.6 Å². The van der Waals surface area contributed by atoms with Crippen LogP contribution in [-0.2, 0) is 0 Å². The summed E-state index contributed by atoms with van der Waals surface area (Å²) in [6.45, 7) is 6.70. The van der Waals surface area contributed by atoms with Crippen LogP contribution in [0.2, 0.25) is 0 Å². The minimum absolute atomic E-state index is 0.0510. The molecule has 1 unspecified atom stereocenters. The van der Waals surface area contributed by atoms with E-state index in [0.29, 0.717) is 0 Å². The van der Waals surface area contributed by atoms with Crippen molar-refractivity contribution in [1.82, 2.24) is 9.88 Å². The monoisotopic (exact) mass is 249 g/mol. The molecule has 18 heavy (non-hydrogen) atoms. The fourth-order valence-corrected chi connectivity index (χ4v) is 2.62. The van der Waals surface area contributed by atoms with E-state index in [2.05, 4.69) is 23.7 Å². The van der Waals surface area contributed by atoms with Crippen molar-refractivity contribution in [3.05, 3.63) is 24.0 Å². The van der Waals surface area contributed by atoms with Gasteiger partial charge in [0, 0.05) is 17.8 Å². The van der Waals surface area contributed by atoms with Gasteiger partial charge in [0.25, 0.3) is 0 Å². The highest BCUT2D eigenvalue weighted by atomic mass is 16.5. The Kier molecular flexibility index (Phi) is 3.88. The van der Waals surface area contributed by atoms with Gasteiger partial charge in [0.15, 0.2) is 0 Å². The van der Waals surface area contributed by atoms with Crippen LogP contribution in [0.1, 0.15) is 38.3 Å². The lowest BCUT2D eigenvalue weighted by Gasteiger charge is -2.40. The summed E-state index contributed by atoms with van der Waals surface area (Å²) in [4.78, 5) is 6.66. The first-order valence-corrected chi connectivity index (χ1v) is 6.55. The van der Waals surface area contributed by atoms with Crippen molar-refractivity contribution in [2.24, 2.45) is 5.73 Å². The first-order chi connectivity index (χ1) is 8.55. The molecular formula is C14H23N3O. The van der Waals surface area contributed by atoms with Gasteiger partial charge in [-0.2, -0.15) is 0 Å². The number of aromatic nitrogens is 1. The third-order valence-electron chi connectivity index (χ3n) is 4.01. The van der Waals surface area contributed by atoms with Crippen molar-refractivity contribution in [2.75, 3.05) is 20.2 Å². The molecule has 1 saturated heterocycles. The summed E-state index contributed by atoms with van der Waals surface area (Å²) >= 11 is 0. The van der Waals surface area contributed by atoms with E-state index in [4.69, 9.17) is 10.5 Å². The molecule has 2 rings (SSSR count). The highest BCUT2D eigenvalue weighted by Crippen LogP contribution is 2.32. The van der Waals surface area contributed by atoms with E-state index >= 15 is 0 Å². The Morgan fingerprint density at radius 1 is 1.33 bits per heavy atom. The lowest BCUT2D eigenvalue weighted by Crippen LogP contribution is -2.49. The third-order valence-corrected chi connectivity index (χ3v) is 4.01. The molecule has 1 aliphatic rings. The van der Waals surface area contributed by atoms with Crippen LogP contribution in [0.3, 0.4) is 0 Å². The molecule has 1 aromatic rings. The predicted molar refractivity (Wildman–Crippen MR) is 72.6 cm³/mol. The number of hydrogen-bond donors (Lipinski definition) is 1. The van der Waals surface area contributed by atoms with Crippen molar-refractivity contribution in [2.45, 2.75) is 38.3 Å². The summed E-state index contributed by atoms with van der Waals surface area (Å²) in [5, 5.41) is 0. The number of pyridine rings is 1. The van der Waals surface area contributed by atoms with E-state index in [1.54, 1.807) is 13.3 Å².